The molecule has 0 heterocycles. The van der Waals surface area contributed by atoms with Gasteiger partial charge < -0.3 is 4.74 Å². The van der Waals surface area contributed by atoms with Gasteiger partial charge in [-0.2, -0.15) is 0 Å². The number of allylic oxidation sites excluding steroid dienone is 2. The molecule has 0 aromatic heterocycles. The standard InChI is InChI=1S/C14H16O/c1-15-13-6-4-11(5-7-13)14-9-10-2-3-12(14)8-10/h2-7,10,12,14H,8-9H2,1H3/t10-,12+,14-/m0/s1/i9D/t9?,10-,12+,14-. The molecule has 0 amide bonds. The summed E-state index contributed by atoms with van der Waals surface area (Å²) in [5.74, 6) is 2.35. The Labute approximate surface area is 92.2 Å². The van der Waals surface area contributed by atoms with Gasteiger partial charge in [0.2, 0.25) is 0 Å². The molecule has 1 saturated carbocycles. The Morgan fingerprint density at radius 3 is 2.67 bits per heavy atom. The fourth-order valence-corrected chi connectivity index (χ4v) is 2.76. The van der Waals surface area contributed by atoms with Gasteiger partial charge in [0.1, 0.15) is 5.75 Å². The Morgan fingerprint density at radius 1 is 1.27 bits per heavy atom. The Morgan fingerprint density at radius 2 is 2.07 bits per heavy atom. The molecule has 2 aliphatic rings. The highest BCUT2D eigenvalue weighted by molar-refractivity contribution is 5.32. The summed E-state index contributed by atoms with van der Waals surface area (Å²) in [5, 5.41) is 0. The topological polar surface area (TPSA) is 9.23 Å². The molecule has 2 aliphatic carbocycles. The molecule has 1 aromatic rings. The predicted octanol–water partition coefficient (Wildman–Crippen LogP) is 3.37. The number of methoxy groups -OCH3 is 1. The van der Waals surface area contributed by atoms with Crippen LogP contribution in [-0.4, -0.2) is 7.11 Å². The van der Waals surface area contributed by atoms with Gasteiger partial charge in [-0.3, -0.25) is 0 Å². The van der Waals surface area contributed by atoms with E-state index in [1.54, 1.807) is 7.11 Å². The van der Waals surface area contributed by atoms with Crippen molar-refractivity contribution in [1.29, 1.82) is 0 Å². The third kappa shape index (κ3) is 1.46. The van der Waals surface area contributed by atoms with E-state index in [1.165, 1.54) is 12.0 Å². The van der Waals surface area contributed by atoms with Crippen LogP contribution in [0, 0.1) is 11.8 Å². The molecule has 2 bridgehead atoms. The highest BCUT2D eigenvalue weighted by Crippen LogP contribution is 2.48. The Hall–Kier alpha value is -1.24. The molecule has 1 heteroatoms. The molecule has 1 unspecified atom stereocenters. The van der Waals surface area contributed by atoms with Crippen molar-refractivity contribution in [3.05, 3.63) is 42.0 Å². The smallest absolute Gasteiger partial charge is 0.118 e. The van der Waals surface area contributed by atoms with Crippen molar-refractivity contribution in [2.45, 2.75) is 18.7 Å². The minimum Gasteiger partial charge on any atom is -0.497 e. The van der Waals surface area contributed by atoms with Crippen molar-refractivity contribution in [3.63, 3.8) is 0 Å². The molecule has 1 fully saturated rings. The molecular formula is C14H16O. The number of fused-ring (bicyclic) bond motifs is 2. The molecule has 0 radical (unpaired) electrons. The van der Waals surface area contributed by atoms with Gasteiger partial charge in [-0.15, -0.1) is 0 Å². The maximum absolute atomic E-state index is 8.23. The summed E-state index contributed by atoms with van der Waals surface area (Å²) in [5.41, 5.74) is 1.29. The van der Waals surface area contributed by atoms with Crippen molar-refractivity contribution in [2.24, 2.45) is 11.8 Å². The van der Waals surface area contributed by atoms with Gasteiger partial charge in [0.15, 0.2) is 0 Å². The van der Waals surface area contributed by atoms with Crippen LogP contribution in [0.15, 0.2) is 36.4 Å². The second kappa shape index (κ2) is 3.41. The Kier molecular flexibility index (Phi) is 1.81. The lowest BCUT2D eigenvalue weighted by Crippen LogP contribution is -2.04. The van der Waals surface area contributed by atoms with Crippen molar-refractivity contribution in [2.75, 3.05) is 7.11 Å². The molecule has 0 spiro atoms. The second-order valence-electron chi connectivity index (χ2n) is 4.44. The lowest BCUT2D eigenvalue weighted by molar-refractivity contribution is 0.414. The zero-order valence-electron chi connectivity index (χ0n) is 9.89. The van der Waals surface area contributed by atoms with Crippen LogP contribution in [0.25, 0.3) is 0 Å². The van der Waals surface area contributed by atoms with Gasteiger partial charge in [0.05, 0.1) is 7.11 Å². The van der Waals surface area contributed by atoms with Crippen molar-refractivity contribution < 1.29 is 6.11 Å². The van der Waals surface area contributed by atoms with Crippen LogP contribution in [0.2, 0.25) is 0 Å². The first kappa shape index (κ1) is 7.98. The van der Waals surface area contributed by atoms with E-state index in [4.69, 9.17) is 6.11 Å². The highest BCUT2D eigenvalue weighted by Gasteiger charge is 2.36. The first-order valence-corrected chi connectivity index (χ1v) is 5.54. The lowest BCUT2D eigenvalue weighted by atomic mass is 9.87. The minimum absolute atomic E-state index is 0.0448. The predicted molar refractivity (Wildman–Crippen MR) is 61.1 cm³/mol. The van der Waals surface area contributed by atoms with E-state index in [0.717, 1.165) is 5.75 Å². The number of ether oxygens (including phenoxy) is 1. The van der Waals surface area contributed by atoms with Crippen molar-refractivity contribution in [3.8, 4) is 5.75 Å². The number of benzene rings is 1. The summed E-state index contributed by atoms with van der Waals surface area (Å²) in [7, 11) is 1.68. The molecule has 4 atom stereocenters. The third-order valence-electron chi connectivity index (χ3n) is 3.57. The van der Waals surface area contributed by atoms with E-state index in [1.807, 2.05) is 12.1 Å². The maximum atomic E-state index is 8.23. The fraction of sp³-hybridized carbons (Fsp3) is 0.429. The van der Waals surface area contributed by atoms with E-state index >= 15 is 0 Å². The van der Waals surface area contributed by atoms with Crippen LogP contribution in [0.5, 0.6) is 5.75 Å². The number of hydrogen-bond donors (Lipinski definition) is 0. The van der Waals surface area contributed by atoms with Gasteiger partial charge in [0, 0.05) is 1.37 Å². The molecule has 78 valence electrons. The minimum atomic E-state index is 0.0448. The van der Waals surface area contributed by atoms with E-state index in [-0.39, 0.29) is 6.40 Å². The largest absolute Gasteiger partial charge is 0.497 e. The van der Waals surface area contributed by atoms with E-state index in [0.29, 0.717) is 17.8 Å². The molecule has 15 heavy (non-hydrogen) atoms. The lowest BCUT2D eigenvalue weighted by Gasteiger charge is -2.18. The first-order chi connectivity index (χ1) is 7.79. The van der Waals surface area contributed by atoms with Crippen LogP contribution >= 0.6 is 0 Å². The monoisotopic (exact) mass is 201 g/mol. The summed E-state index contributed by atoms with van der Waals surface area (Å²) >= 11 is 0. The number of hydrogen-bond acceptors (Lipinski definition) is 1. The molecule has 0 saturated heterocycles. The van der Waals surface area contributed by atoms with Gasteiger partial charge >= 0.3 is 0 Å². The highest BCUT2D eigenvalue weighted by atomic mass is 16.5. The van der Waals surface area contributed by atoms with Crippen LogP contribution < -0.4 is 4.74 Å². The van der Waals surface area contributed by atoms with Crippen LogP contribution in [-0.2, 0) is 0 Å². The summed E-state index contributed by atoms with van der Waals surface area (Å²) in [6.07, 6.45) is 5.74. The maximum Gasteiger partial charge on any atom is 0.118 e. The summed E-state index contributed by atoms with van der Waals surface area (Å²) in [6.45, 7) is 0. The van der Waals surface area contributed by atoms with Crippen molar-refractivity contribution >= 4 is 0 Å². The quantitative estimate of drug-likeness (QED) is 0.666. The number of rotatable bonds is 2. The molecular weight excluding hydrogens is 184 g/mol. The first-order valence-electron chi connectivity index (χ1n) is 6.12. The molecule has 3 rings (SSSR count). The molecule has 0 N–H and O–H groups in total. The van der Waals surface area contributed by atoms with E-state index in [9.17, 15) is 0 Å². The zero-order valence-corrected chi connectivity index (χ0v) is 8.89. The fourth-order valence-electron chi connectivity index (χ4n) is 2.76. The van der Waals surface area contributed by atoms with Gasteiger partial charge in [-0.25, -0.2) is 0 Å². The van der Waals surface area contributed by atoms with Gasteiger partial charge in [0.25, 0.3) is 0 Å². The average molecular weight is 201 g/mol. The van der Waals surface area contributed by atoms with Crippen LogP contribution in [0.4, 0.5) is 0 Å². The Bertz CT molecular complexity index is 409. The zero-order chi connectivity index (χ0) is 11.1. The summed E-state index contributed by atoms with van der Waals surface area (Å²) < 4.78 is 13.4. The van der Waals surface area contributed by atoms with Crippen molar-refractivity contribution in [1.82, 2.24) is 0 Å². The van der Waals surface area contributed by atoms with E-state index in [2.05, 4.69) is 24.3 Å². The Balaban J connectivity index is 1.89. The molecule has 1 aromatic carbocycles. The summed E-state index contributed by atoms with van der Waals surface area (Å²) in [4.78, 5) is 0. The molecule has 0 aliphatic heterocycles. The molecule has 1 nitrogen and oxygen atoms in total. The average Bonchev–Trinajstić information content (AvgIpc) is 2.90. The van der Waals surface area contributed by atoms with Gasteiger partial charge in [-0.05, 0) is 48.3 Å². The summed E-state index contributed by atoms with van der Waals surface area (Å²) in [6, 6.07) is 8.22. The SMILES string of the molecule is [2H]C1[C@@H](c2ccc(OC)cc2)[C@@H]2C=C[C@H]1C2. The van der Waals surface area contributed by atoms with Crippen LogP contribution in [0.3, 0.4) is 0 Å². The second-order valence-corrected chi connectivity index (χ2v) is 4.44. The van der Waals surface area contributed by atoms with E-state index < -0.39 is 0 Å². The third-order valence-corrected chi connectivity index (χ3v) is 3.57. The normalized spacial score (nSPS) is 38.1. The van der Waals surface area contributed by atoms with Crippen LogP contribution in [0.1, 0.15) is 25.7 Å². The van der Waals surface area contributed by atoms with Gasteiger partial charge in [-0.1, -0.05) is 24.3 Å².